The van der Waals surface area contributed by atoms with E-state index in [9.17, 15) is 45.0 Å². The van der Waals surface area contributed by atoms with Gasteiger partial charge in [0.05, 0.1) is 54.9 Å². The van der Waals surface area contributed by atoms with Gasteiger partial charge in [0.1, 0.15) is 23.7 Å². The Kier molecular flexibility index (Phi) is 17.0. The molecule has 0 aromatic rings. The molecule has 17 atom stereocenters. The van der Waals surface area contributed by atoms with Crippen LogP contribution in [0.2, 0.25) is 0 Å². The van der Waals surface area contributed by atoms with Crippen molar-refractivity contribution < 1.29 is 68.7 Å². The van der Waals surface area contributed by atoms with Gasteiger partial charge >= 0.3 is 17.9 Å². The van der Waals surface area contributed by atoms with Crippen LogP contribution in [0.25, 0.3) is 0 Å². The molecule has 5 fully saturated rings. The van der Waals surface area contributed by atoms with Crippen molar-refractivity contribution in [2.24, 2.45) is 56.2 Å². The molecule has 0 spiro atoms. The first-order valence-corrected chi connectivity index (χ1v) is 26.6. The quantitative estimate of drug-likeness (QED) is 0.0355. The third kappa shape index (κ3) is 10.1. The van der Waals surface area contributed by atoms with Gasteiger partial charge in [-0.05, 0) is 137 Å². The van der Waals surface area contributed by atoms with Crippen LogP contribution in [0.4, 0.5) is 0 Å². The monoisotopic (exact) mass is 1010 g/mol. The summed E-state index contributed by atoms with van der Waals surface area (Å²) in [7, 11) is 1.36. The molecule has 5 aliphatic carbocycles. The molecule has 1 saturated heterocycles. The van der Waals surface area contributed by atoms with Gasteiger partial charge in [-0.2, -0.15) is 0 Å². The normalized spacial score (nSPS) is 41.0. The van der Waals surface area contributed by atoms with Crippen LogP contribution < -0.4 is 0 Å². The highest BCUT2D eigenvalue weighted by Crippen LogP contribution is 2.76. The molecule has 0 aromatic carbocycles. The summed E-state index contributed by atoms with van der Waals surface area (Å²) >= 11 is 0. The van der Waals surface area contributed by atoms with Crippen molar-refractivity contribution >= 4 is 17.9 Å². The van der Waals surface area contributed by atoms with Crippen molar-refractivity contribution in [1.82, 2.24) is 0 Å². The number of rotatable bonds is 17. The van der Waals surface area contributed by atoms with Gasteiger partial charge in [-0.1, -0.05) is 91.3 Å². The van der Waals surface area contributed by atoms with Crippen LogP contribution in [0, 0.1) is 56.2 Å². The minimum Gasteiger partial charge on any atom is -0.468 e. The number of hydrogen-bond acceptors (Lipinski definition) is 14. The lowest BCUT2D eigenvalue weighted by Crippen LogP contribution is -2.68. The predicted octanol–water partition coefficient (Wildman–Crippen LogP) is 7.76. The zero-order valence-electron chi connectivity index (χ0n) is 45.5. The molecule has 406 valence electrons. The maximum absolute atomic E-state index is 14.4. The Labute approximate surface area is 429 Å². The first-order chi connectivity index (χ1) is 33.4. The standard InChI is InChI=1S/C58H90O14/c1-15-53(9,67)25-17-19-37(33-60)48(65)71-46-35(4)69-49(45(63)44(46)62)72-54(10,16-2)26-18-20-36(32-59)47(64)70-43-31-58(50(66)68-14)39(29-51(43,5)6)38-21-22-41-55(11)27-23-34(3)52(7,8)40(55)24-28-56(41,12)57(38,13)30-42(58)61/h15-16,19-21,34-35,39-46,49,59-63,67H,1-2,17-18,22-33H2,3-14H3/b36-20+,37-19+/t34?,35?,39?,40?,41?,42?,43?,44?,45?,46?,49?,53?,54-,55?,56?,57?,58?/m1/s1. The smallest absolute Gasteiger partial charge is 0.336 e. The van der Waals surface area contributed by atoms with Gasteiger partial charge in [0.15, 0.2) is 12.4 Å². The maximum atomic E-state index is 14.4. The van der Waals surface area contributed by atoms with Gasteiger partial charge in [0, 0.05) is 11.8 Å². The second-order valence-electron chi connectivity index (χ2n) is 25.3. The molecule has 6 N–H and O–H groups in total. The summed E-state index contributed by atoms with van der Waals surface area (Å²) in [6.45, 7) is 29.8. The highest BCUT2D eigenvalue weighted by atomic mass is 16.7. The average Bonchev–Trinajstić information content (AvgIpc) is 3.31. The molecule has 1 heterocycles. The average molecular weight is 1010 g/mol. The van der Waals surface area contributed by atoms with Crippen LogP contribution in [0.1, 0.15) is 153 Å². The van der Waals surface area contributed by atoms with Crippen molar-refractivity contribution in [3.8, 4) is 0 Å². The Hall–Kier alpha value is -3.21. The first kappa shape index (κ1) is 58.1. The van der Waals surface area contributed by atoms with Crippen molar-refractivity contribution in [2.75, 3.05) is 20.3 Å². The number of fused-ring (bicyclic) bond motifs is 7. The Morgan fingerprint density at radius 1 is 0.819 bits per heavy atom. The van der Waals surface area contributed by atoms with Gasteiger partial charge in [-0.25, -0.2) is 9.59 Å². The number of esters is 3. The molecule has 0 aromatic heterocycles. The van der Waals surface area contributed by atoms with Gasteiger partial charge in [0.2, 0.25) is 0 Å². The molecule has 0 radical (unpaired) electrons. The van der Waals surface area contributed by atoms with E-state index >= 15 is 0 Å². The zero-order valence-corrected chi connectivity index (χ0v) is 45.5. The number of carbonyl (C=O) groups excluding carboxylic acids is 3. The van der Waals surface area contributed by atoms with E-state index in [1.54, 1.807) is 19.9 Å². The summed E-state index contributed by atoms with van der Waals surface area (Å²) < 4.78 is 29.5. The van der Waals surface area contributed by atoms with Gasteiger partial charge < -0.3 is 54.3 Å². The number of methoxy groups -OCH3 is 1. The number of carbonyl (C=O) groups is 3. The van der Waals surface area contributed by atoms with Crippen molar-refractivity contribution in [3.63, 3.8) is 0 Å². The van der Waals surface area contributed by atoms with E-state index in [4.69, 9.17) is 23.7 Å². The third-order valence-corrected chi connectivity index (χ3v) is 20.4. The summed E-state index contributed by atoms with van der Waals surface area (Å²) in [5.74, 6) is -0.833. The molecular formula is C58H90O14. The second kappa shape index (κ2) is 21.1. The fraction of sp³-hybridized carbons (Fsp3) is 0.776. The lowest BCUT2D eigenvalue weighted by molar-refractivity contribution is -0.314. The molecule has 14 nitrogen and oxygen atoms in total. The molecule has 6 aliphatic rings. The first-order valence-electron chi connectivity index (χ1n) is 26.6. The highest BCUT2D eigenvalue weighted by Gasteiger charge is 2.72. The van der Waals surface area contributed by atoms with Crippen LogP contribution >= 0.6 is 0 Å². The van der Waals surface area contributed by atoms with Gasteiger partial charge in [-0.15, -0.1) is 13.2 Å². The summed E-state index contributed by atoms with van der Waals surface area (Å²) in [4.78, 5) is 41.5. The van der Waals surface area contributed by atoms with Gasteiger partial charge in [0.25, 0.3) is 0 Å². The molecule has 16 unspecified atom stereocenters. The summed E-state index contributed by atoms with van der Waals surface area (Å²) in [5, 5.41) is 65.5. The number of aliphatic hydroxyl groups is 6. The maximum Gasteiger partial charge on any atom is 0.336 e. The zero-order chi connectivity index (χ0) is 53.8. The fourth-order valence-corrected chi connectivity index (χ4v) is 15.0. The highest BCUT2D eigenvalue weighted by molar-refractivity contribution is 5.89. The van der Waals surface area contributed by atoms with Crippen LogP contribution in [0.15, 0.2) is 60.3 Å². The lowest BCUT2D eigenvalue weighted by atomic mass is 9.33. The van der Waals surface area contributed by atoms with E-state index < -0.39 is 96.1 Å². The van der Waals surface area contributed by atoms with Crippen LogP contribution in [0.3, 0.4) is 0 Å². The molecule has 14 heteroatoms. The molecule has 4 saturated carbocycles. The molecule has 1 aliphatic heterocycles. The molecule has 72 heavy (non-hydrogen) atoms. The van der Waals surface area contributed by atoms with Crippen LogP contribution in [-0.2, 0) is 38.1 Å². The molecule has 6 rings (SSSR count). The molecular weight excluding hydrogens is 921 g/mol. The van der Waals surface area contributed by atoms with Crippen molar-refractivity contribution in [3.05, 3.63) is 60.3 Å². The van der Waals surface area contributed by atoms with E-state index in [0.29, 0.717) is 30.6 Å². The van der Waals surface area contributed by atoms with E-state index in [1.807, 2.05) is 13.8 Å². The number of hydrogen-bond donors (Lipinski definition) is 6. The number of aliphatic hydroxyl groups excluding tert-OH is 5. The topological polar surface area (TPSA) is 219 Å². The van der Waals surface area contributed by atoms with E-state index in [1.165, 1.54) is 50.7 Å². The minimum atomic E-state index is -1.67. The van der Waals surface area contributed by atoms with Crippen LogP contribution in [0.5, 0.6) is 0 Å². The van der Waals surface area contributed by atoms with Gasteiger partial charge in [-0.3, -0.25) is 4.79 Å². The lowest BCUT2D eigenvalue weighted by Gasteiger charge is -2.72. The Morgan fingerprint density at radius 3 is 2.01 bits per heavy atom. The number of ether oxygens (including phenoxy) is 5. The van der Waals surface area contributed by atoms with E-state index in [0.717, 1.165) is 19.3 Å². The molecule has 0 amide bonds. The SMILES string of the molecule is C=CC(C)(O)CC/C=C(\CO)C(=O)OC1C(C)OC(O[C@](C)(C=C)CC/C=C(\CO)C(=O)OC2CC3(C(=O)OC)C(O)CC4(C)C(=CCC5C6(C)CCC(C)C(C)(C)C6CCC54C)C3CC2(C)C)C(O)C1O. The predicted molar refractivity (Wildman–Crippen MR) is 272 cm³/mol. The Bertz CT molecular complexity index is 2140. The largest absolute Gasteiger partial charge is 0.468 e. The minimum absolute atomic E-state index is 0.00778. The Morgan fingerprint density at radius 2 is 1.43 bits per heavy atom. The summed E-state index contributed by atoms with van der Waals surface area (Å²) in [6, 6.07) is 0. The molecule has 0 bridgehead atoms. The van der Waals surface area contributed by atoms with E-state index in [-0.39, 0.29) is 70.8 Å². The number of allylic oxidation sites excluding steroid dienone is 4. The van der Waals surface area contributed by atoms with Crippen LogP contribution in [-0.4, -0.2) is 123 Å². The summed E-state index contributed by atoms with van der Waals surface area (Å²) in [5.41, 5.74) is -3.32. The van der Waals surface area contributed by atoms with Crippen molar-refractivity contribution in [2.45, 2.75) is 207 Å². The summed E-state index contributed by atoms with van der Waals surface area (Å²) in [6.07, 6.45) is 6.71. The second-order valence-corrected chi connectivity index (χ2v) is 25.3. The Balaban J connectivity index is 1.14. The third-order valence-electron chi connectivity index (χ3n) is 20.4. The fourth-order valence-electron chi connectivity index (χ4n) is 15.0. The van der Waals surface area contributed by atoms with Crippen molar-refractivity contribution in [1.29, 1.82) is 0 Å². The van der Waals surface area contributed by atoms with E-state index in [2.05, 4.69) is 60.8 Å².